The Hall–Kier alpha value is -2.91. The van der Waals surface area contributed by atoms with Gasteiger partial charge in [-0.3, -0.25) is 9.48 Å². The van der Waals surface area contributed by atoms with Crippen molar-refractivity contribution < 1.29 is 17.6 Å². The van der Waals surface area contributed by atoms with Crippen LogP contribution in [0.2, 0.25) is 0 Å². The van der Waals surface area contributed by atoms with E-state index in [0.29, 0.717) is 18.8 Å². The Morgan fingerprint density at radius 2 is 1.75 bits per heavy atom. The lowest BCUT2D eigenvalue weighted by Gasteiger charge is -2.33. The highest BCUT2D eigenvalue weighted by atomic mass is 32.2. The van der Waals surface area contributed by atoms with Crippen molar-refractivity contribution in [3.8, 4) is 11.3 Å². The van der Waals surface area contributed by atoms with Crippen LogP contribution in [0, 0.1) is 0 Å². The molecule has 1 fully saturated rings. The molecule has 28 heavy (non-hydrogen) atoms. The fraction of sp³-hybridized carbons (Fsp3) is 0.263. The minimum Gasteiger partial charge on any atom is -0.459 e. The number of furan rings is 1. The maximum atomic E-state index is 13.3. The molecule has 0 unspecified atom stereocenters. The molecule has 8 nitrogen and oxygen atoms in total. The summed E-state index contributed by atoms with van der Waals surface area (Å²) < 4.78 is 34.6. The second-order valence-electron chi connectivity index (χ2n) is 6.56. The van der Waals surface area contributed by atoms with Crippen molar-refractivity contribution in [2.24, 2.45) is 7.05 Å². The molecule has 0 radical (unpaired) electrons. The van der Waals surface area contributed by atoms with Crippen molar-refractivity contribution in [2.45, 2.75) is 4.90 Å². The van der Waals surface area contributed by atoms with Gasteiger partial charge in [-0.1, -0.05) is 30.3 Å². The Kier molecular flexibility index (Phi) is 4.78. The number of carbonyl (C=O) groups is 1. The van der Waals surface area contributed by atoms with Crippen molar-refractivity contribution in [3.63, 3.8) is 0 Å². The van der Waals surface area contributed by atoms with Crippen LogP contribution < -0.4 is 0 Å². The maximum Gasteiger partial charge on any atom is 0.289 e. The van der Waals surface area contributed by atoms with Gasteiger partial charge in [0.15, 0.2) is 5.76 Å². The van der Waals surface area contributed by atoms with E-state index in [9.17, 15) is 13.2 Å². The number of amides is 1. The number of hydrogen-bond acceptors (Lipinski definition) is 5. The molecule has 4 rings (SSSR count). The molecule has 1 saturated heterocycles. The highest BCUT2D eigenvalue weighted by Crippen LogP contribution is 2.28. The molecule has 9 heteroatoms. The lowest BCUT2D eigenvalue weighted by molar-refractivity contribution is 0.0666. The van der Waals surface area contributed by atoms with E-state index in [1.165, 1.54) is 21.4 Å². The molecule has 1 amide bonds. The van der Waals surface area contributed by atoms with Gasteiger partial charge in [-0.15, -0.1) is 0 Å². The number of rotatable bonds is 4. The first-order valence-electron chi connectivity index (χ1n) is 8.89. The average molecular weight is 400 g/mol. The van der Waals surface area contributed by atoms with Gasteiger partial charge >= 0.3 is 0 Å². The normalized spacial score (nSPS) is 15.7. The van der Waals surface area contributed by atoms with Crippen molar-refractivity contribution >= 4 is 15.9 Å². The summed E-state index contributed by atoms with van der Waals surface area (Å²) in [6.45, 7) is 1.05. The monoisotopic (exact) mass is 400 g/mol. The van der Waals surface area contributed by atoms with E-state index in [1.54, 1.807) is 24.1 Å². The Labute approximate surface area is 163 Å². The third-order valence-corrected chi connectivity index (χ3v) is 6.62. The summed E-state index contributed by atoms with van der Waals surface area (Å²) >= 11 is 0. The zero-order valence-electron chi connectivity index (χ0n) is 15.4. The number of hydrogen-bond donors (Lipinski definition) is 0. The molecular formula is C19H20N4O4S. The van der Waals surface area contributed by atoms with Gasteiger partial charge in [0.05, 0.1) is 6.26 Å². The Balaban J connectivity index is 1.55. The van der Waals surface area contributed by atoms with Crippen LogP contribution in [0.15, 0.2) is 64.2 Å². The summed E-state index contributed by atoms with van der Waals surface area (Å²) in [5.74, 6) is 0.0309. The smallest absolute Gasteiger partial charge is 0.289 e. The number of piperazine rings is 1. The van der Waals surface area contributed by atoms with Gasteiger partial charge in [0.25, 0.3) is 5.91 Å². The zero-order valence-corrected chi connectivity index (χ0v) is 16.2. The molecule has 0 aliphatic carbocycles. The largest absolute Gasteiger partial charge is 0.459 e. The van der Waals surface area contributed by atoms with E-state index in [-0.39, 0.29) is 29.7 Å². The summed E-state index contributed by atoms with van der Waals surface area (Å²) in [5, 5.41) is 4.35. The van der Waals surface area contributed by atoms with Gasteiger partial charge in [0.1, 0.15) is 10.6 Å². The average Bonchev–Trinajstić information content (AvgIpc) is 3.38. The van der Waals surface area contributed by atoms with Crippen LogP contribution in [0.4, 0.5) is 0 Å². The number of aromatic nitrogens is 2. The molecule has 0 atom stereocenters. The van der Waals surface area contributed by atoms with Crippen LogP contribution in [0.5, 0.6) is 0 Å². The summed E-state index contributed by atoms with van der Waals surface area (Å²) in [6, 6.07) is 12.5. The van der Waals surface area contributed by atoms with Crippen LogP contribution in [0.1, 0.15) is 10.6 Å². The van der Waals surface area contributed by atoms with Gasteiger partial charge < -0.3 is 9.32 Å². The summed E-state index contributed by atoms with van der Waals surface area (Å²) in [6.07, 6.45) is 2.97. The predicted molar refractivity (Wildman–Crippen MR) is 102 cm³/mol. The van der Waals surface area contributed by atoms with Gasteiger partial charge in [-0.2, -0.15) is 9.40 Å². The van der Waals surface area contributed by atoms with Crippen molar-refractivity contribution in [1.82, 2.24) is 19.0 Å². The molecular weight excluding hydrogens is 380 g/mol. The first-order valence-corrected chi connectivity index (χ1v) is 10.3. The second-order valence-corrected chi connectivity index (χ2v) is 8.46. The Morgan fingerprint density at radius 3 is 2.39 bits per heavy atom. The maximum absolute atomic E-state index is 13.3. The van der Waals surface area contributed by atoms with Gasteiger partial charge in [-0.05, 0) is 12.1 Å². The summed E-state index contributed by atoms with van der Waals surface area (Å²) in [5.41, 5.74) is 1.17. The molecule has 0 bridgehead atoms. The number of carbonyl (C=O) groups excluding carboxylic acids is 1. The van der Waals surface area contributed by atoms with Crippen LogP contribution in [0.25, 0.3) is 11.3 Å². The van der Waals surface area contributed by atoms with E-state index in [2.05, 4.69) is 5.10 Å². The highest BCUT2D eigenvalue weighted by Gasteiger charge is 2.34. The Morgan fingerprint density at radius 1 is 1.04 bits per heavy atom. The lowest BCUT2D eigenvalue weighted by atomic mass is 10.2. The fourth-order valence-corrected chi connectivity index (χ4v) is 4.89. The minimum absolute atomic E-state index is 0.173. The minimum atomic E-state index is -3.73. The van der Waals surface area contributed by atoms with E-state index < -0.39 is 10.0 Å². The molecule has 0 N–H and O–H groups in total. The third-order valence-electron chi connectivity index (χ3n) is 4.72. The third kappa shape index (κ3) is 3.34. The molecule has 1 aliphatic heterocycles. The Bertz CT molecular complexity index is 1070. The first kappa shape index (κ1) is 18.5. The summed E-state index contributed by atoms with van der Waals surface area (Å²) in [7, 11) is -2.03. The molecule has 2 aromatic heterocycles. The number of sulfonamides is 1. The molecule has 3 aromatic rings. The molecule has 3 heterocycles. The molecule has 1 aliphatic rings. The standard InChI is InChI=1S/C19H20N4O4S/c1-21-14-17(18(20-21)15-6-3-2-4-7-15)28(25,26)23-11-9-22(10-12-23)19(24)16-8-5-13-27-16/h2-8,13-14H,9-12H2,1H3. The quantitative estimate of drug-likeness (QED) is 0.667. The van der Waals surface area contributed by atoms with Crippen LogP contribution in [-0.4, -0.2) is 59.5 Å². The van der Waals surface area contributed by atoms with Crippen molar-refractivity contribution in [1.29, 1.82) is 0 Å². The van der Waals surface area contributed by atoms with E-state index >= 15 is 0 Å². The lowest BCUT2D eigenvalue weighted by Crippen LogP contribution is -2.50. The van der Waals surface area contributed by atoms with Gasteiger partial charge in [0, 0.05) is 45.0 Å². The predicted octanol–water partition coefficient (Wildman–Crippen LogP) is 1.83. The molecule has 0 saturated carbocycles. The molecule has 146 valence electrons. The van der Waals surface area contributed by atoms with E-state index in [4.69, 9.17) is 4.42 Å². The van der Waals surface area contributed by atoms with E-state index in [0.717, 1.165) is 5.56 Å². The number of benzene rings is 1. The highest BCUT2D eigenvalue weighted by molar-refractivity contribution is 7.89. The van der Waals surface area contributed by atoms with Gasteiger partial charge in [0.2, 0.25) is 10.0 Å². The van der Waals surface area contributed by atoms with Crippen molar-refractivity contribution in [3.05, 3.63) is 60.7 Å². The van der Waals surface area contributed by atoms with E-state index in [1.807, 2.05) is 30.3 Å². The zero-order chi connectivity index (χ0) is 19.7. The number of nitrogens with zero attached hydrogens (tertiary/aromatic N) is 4. The van der Waals surface area contributed by atoms with Crippen molar-refractivity contribution in [2.75, 3.05) is 26.2 Å². The van der Waals surface area contributed by atoms with Gasteiger partial charge in [-0.25, -0.2) is 8.42 Å². The molecule has 0 spiro atoms. The first-order chi connectivity index (χ1) is 13.5. The topological polar surface area (TPSA) is 88.7 Å². The SMILES string of the molecule is Cn1cc(S(=O)(=O)N2CCN(C(=O)c3ccco3)CC2)c(-c2ccccc2)n1. The number of aryl methyl sites for hydroxylation is 1. The second kappa shape index (κ2) is 7.25. The summed E-state index contributed by atoms with van der Waals surface area (Å²) in [4.78, 5) is 14.2. The van der Waals surface area contributed by atoms with Crippen LogP contribution in [0.3, 0.4) is 0 Å². The molecule has 1 aromatic carbocycles. The van der Waals surface area contributed by atoms with Crippen LogP contribution >= 0.6 is 0 Å². The van der Waals surface area contributed by atoms with Crippen LogP contribution in [-0.2, 0) is 17.1 Å². The fourth-order valence-electron chi connectivity index (χ4n) is 3.28.